The van der Waals surface area contributed by atoms with E-state index >= 15 is 0 Å². The van der Waals surface area contributed by atoms with E-state index in [2.05, 4.69) is 0 Å². The Morgan fingerprint density at radius 2 is 1.38 bits per heavy atom. The molecule has 0 aliphatic carbocycles. The van der Waals surface area contributed by atoms with Crippen LogP contribution in [0.1, 0.15) is 20.8 Å². The average Bonchev–Trinajstić information content (AvgIpc) is 2.68. The summed E-state index contributed by atoms with van der Waals surface area (Å²) in [5.41, 5.74) is 0.917. The van der Waals surface area contributed by atoms with Crippen LogP contribution in [0.3, 0.4) is 0 Å². The second-order valence-electron chi connectivity index (χ2n) is 6.92. The first kappa shape index (κ1) is 23.3. The minimum atomic E-state index is -4.37. The van der Waals surface area contributed by atoms with Gasteiger partial charge in [0.1, 0.15) is 17.3 Å². The molecule has 2 aromatic carbocycles. The minimum Gasteiger partial charge on any atom is -0.490 e. The molecule has 0 saturated carbocycles. The molecule has 0 fully saturated rings. The Morgan fingerprint density at radius 3 is 2.03 bits per heavy atom. The molecule has 2 N–H and O–H groups in total. The molecule has 0 aromatic heterocycles. The van der Waals surface area contributed by atoms with E-state index in [1.165, 1.54) is 6.07 Å². The maximum absolute atomic E-state index is 11.7. The lowest BCUT2D eigenvalue weighted by Crippen LogP contribution is -2.26. The van der Waals surface area contributed by atoms with Gasteiger partial charge in [0.2, 0.25) is 0 Å². The predicted octanol–water partition coefficient (Wildman–Crippen LogP) is 3.17. The predicted molar refractivity (Wildman–Crippen MR) is 110 cm³/mol. The molecule has 0 radical (unpaired) electrons. The van der Waals surface area contributed by atoms with Crippen LogP contribution in [-0.4, -0.2) is 56.2 Å². The second-order valence-corrected chi connectivity index (χ2v) is 8.31. The van der Waals surface area contributed by atoms with Crippen molar-refractivity contribution in [3.05, 3.63) is 48.5 Å². The van der Waals surface area contributed by atoms with Gasteiger partial charge in [0.15, 0.2) is 0 Å². The van der Waals surface area contributed by atoms with Crippen molar-refractivity contribution < 1.29 is 32.3 Å². The van der Waals surface area contributed by atoms with Gasteiger partial charge in [-0.3, -0.25) is 4.55 Å². The van der Waals surface area contributed by atoms with Crippen molar-refractivity contribution in [3.63, 3.8) is 0 Å². The van der Waals surface area contributed by atoms with Crippen LogP contribution in [0.25, 0.3) is 11.1 Å². The zero-order valence-corrected chi connectivity index (χ0v) is 17.6. The summed E-state index contributed by atoms with van der Waals surface area (Å²) < 4.78 is 50.0. The van der Waals surface area contributed by atoms with Gasteiger partial charge in [-0.05, 0) is 32.9 Å². The normalized spacial score (nSPS) is 14.9. The van der Waals surface area contributed by atoms with Crippen LogP contribution in [0.4, 0.5) is 0 Å². The number of aliphatic hydroxyl groups is 1. The Hall–Kier alpha value is -1.97. The van der Waals surface area contributed by atoms with Crippen molar-refractivity contribution in [1.82, 2.24) is 0 Å². The van der Waals surface area contributed by atoms with E-state index in [0.29, 0.717) is 23.5 Å². The van der Waals surface area contributed by atoms with E-state index in [1.807, 2.05) is 13.8 Å². The lowest BCUT2D eigenvalue weighted by Gasteiger charge is -2.20. The summed E-state index contributed by atoms with van der Waals surface area (Å²) in [6, 6.07) is 13.2. The zero-order valence-electron chi connectivity index (χ0n) is 16.8. The molecular formula is C21H28O7S. The minimum absolute atomic E-state index is 0.166. The lowest BCUT2D eigenvalue weighted by molar-refractivity contribution is -0.0599. The molecule has 0 saturated heterocycles. The van der Waals surface area contributed by atoms with Crippen LogP contribution in [-0.2, 0) is 19.6 Å². The Labute approximate surface area is 172 Å². The number of rotatable bonds is 11. The second kappa shape index (κ2) is 10.7. The number of benzene rings is 2. The fraction of sp³-hybridized carbons (Fsp3) is 0.429. The number of ether oxygens (including phenoxy) is 3. The number of aliphatic hydroxyl groups excluding tert-OH is 1. The molecule has 0 amide bonds. The first-order valence-electron chi connectivity index (χ1n) is 9.38. The largest absolute Gasteiger partial charge is 0.490 e. The number of hydrogen-bond donors (Lipinski definition) is 2. The van der Waals surface area contributed by atoms with Gasteiger partial charge in [-0.15, -0.1) is 0 Å². The van der Waals surface area contributed by atoms with Crippen LogP contribution in [0.15, 0.2) is 53.4 Å². The first-order chi connectivity index (χ1) is 13.7. The molecule has 3 atom stereocenters. The fourth-order valence-corrected chi connectivity index (χ4v) is 3.34. The molecule has 160 valence electrons. The van der Waals surface area contributed by atoms with Crippen LogP contribution < -0.4 is 4.74 Å². The van der Waals surface area contributed by atoms with Crippen molar-refractivity contribution in [2.24, 2.45) is 0 Å². The maximum Gasteiger partial charge on any atom is 0.295 e. The highest BCUT2D eigenvalue weighted by molar-refractivity contribution is 7.86. The topological polar surface area (TPSA) is 102 Å². The van der Waals surface area contributed by atoms with Gasteiger partial charge < -0.3 is 19.3 Å². The summed E-state index contributed by atoms with van der Waals surface area (Å²) in [6.45, 7) is 6.21. The quantitative estimate of drug-likeness (QED) is 0.534. The van der Waals surface area contributed by atoms with Gasteiger partial charge in [0.05, 0.1) is 31.5 Å². The van der Waals surface area contributed by atoms with E-state index in [-0.39, 0.29) is 30.3 Å². The lowest BCUT2D eigenvalue weighted by atomic mass is 10.0. The van der Waals surface area contributed by atoms with E-state index in [0.717, 1.165) is 0 Å². The smallest absolute Gasteiger partial charge is 0.295 e. The van der Waals surface area contributed by atoms with Crippen molar-refractivity contribution >= 4 is 10.1 Å². The summed E-state index contributed by atoms with van der Waals surface area (Å²) in [7, 11) is -4.37. The standard InChI is InChI=1S/C21H28O7S/c1-15(22)12-26-16(2)13-27-17(3)14-28-20-10-6-4-8-18(20)19-9-5-7-11-21(19)29(23,24)25/h4-11,15-17,22H,12-14H2,1-3H3,(H,23,24,25). The highest BCUT2D eigenvalue weighted by Gasteiger charge is 2.19. The molecule has 8 heteroatoms. The summed E-state index contributed by atoms with van der Waals surface area (Å²) in [4.78, 5) is -0.176. The zero-order chi connectivity index (χ0) is 21.4. The molecular weight excluding hydrogens is 396 g/mol. The van der Waals surface area contributed by atoms with Gasteiger partial charge in [0.25, 0.3) is 10.1 Å². The molecule has 2 rings (SSSR count). The first-order valence-corrected chi connectivity index (χ1v) is 10.8. The van der Waals surface area contributed by atoms with Crippen LogP contribution in [0.5, 0.6) is 5.75 Å². The van der Waals surface area contributed by atoms with Crippen LogP contribution in [0, 0.1) is 0 Å². The van der Waals surface area contributed by atoms with Gasteiger partial charge >= 0.3 is 0 Å². The summed E-state index contributed by atoms with van der Waals surface area (Å²) in [5.74, 6) is 0.484. The molecule has 0 aliphatic rings. The van der Waals surface area contributed by atoms with Crippen molar-refractivity contribution in [3.8, 4) is 16.9 Å². The molecule has 2 aromatic rings. The Bertz CT molecular complexity index is 880. The molecule has 7 nitrogen and oxygen atoms in total. The highest BCUT2D eigenvalue weighted by atomic mass is 32.2. The van der Waals surface area contributed by atoms with Gasteiger partial charge in [-0.25, -0.2) is 0 Å². The molecule has 0 bridgehead atoms. The van der Waals surface area contributed by atoms with E-state index in [1.54, 1.807) is 49.4 Å². The number of hydrogen-bond acceptors (Lipinski definition) is 6. The number of para-hydroxylation sites is 1. The van der Waals surface area contributed by atoms with E-state index < -0.39 is 16.2 Å². The van der Waals surface area contributed by atoms with Crippen molar-refractivity contribution in [1.29, 1.82) is 0 Å². The SMILES string of the molecule is CC(O)COC(C)COC(C)COc1ccccc1-c1ccccc1S(=O)(=O)O. The maximum atomic E-state index is 11.7. The monoisotopic (exact) mass is 424 g/mol. The average molecular weight is 425 g/mol. The molecule has 0 heterocycles. The van der Waals surface area contributed by atoms with Crippen molar-refractivity contribution in [2.75, 3.05) is 19.8 Å². The molecule has 29 heavy (non-hydrogen) atoms. The molecule has 3 unspecified atom stereocenters. The fourth-order valence-electron chi connectivity index (χ4n) is 2.64. The van der Waals surface area contributed by atoms with Crippen molar-refractivity contribution in [2.45, 2.75) is 44.0 Å². The Balaban J connectivity index is 2.04. The van der Waals surface area contributed by atoms with Crippen LogP contribution >= 0.6 is 0 Å². The third kappa shape index (κ3) is 7.41. The summed E-state index contributed by atoms with van der Waals surface area (Å²) >= 11 is 0. The molecule has 0 spiro atoms. The third-order valence-electron chi connectivity index (χ3n) is 4.05. The Kier molecular flexibility index (Phi) is 8.60. The summed E-state index contributed by atoms with van der Waals surface area (Å²) in [6.07, 6.45) is -0.932. The van der Waals surface area contributed by atoms with Crippen LogP contribution in [0.2, 0.25) is 0 Å². The van der Waals surface area contributed by atoms with E-state index in [9.17, 15) is 18.1 Å². The molecule has 0 aliphatic heterocycles. The van der Waals surface area contributed by atoms with Gasteiger partial charge in [-0.1, -0.05) is 36.4 Å². The summed E-state index contributed by atoms with van der Waals surface area (Å²) in [5, 5.41) is 9.24. The van der Waals surface area contributed by atoms with E-state index in [4.69, 9.17) is 14.2 Å². The third-order valence-corrected chi connectivity index (χ3v) is 4.96. The Morgan fingerprint density at radius 1 is 0.828 bits per heavy atom. The van der Waals surface area contributed by atoms with Gasteiger partial charge in [-0.2, -0.15) is 8.42 Å². The van der Waals surface area contributed by atoms with Gasteiger partial charge in [0, 0.05) is 11.1 Å². The highest BCUT2D eigenvalue weighted by Crippen LogP contribution is 2.34.